The van der Waals surface area contributed by atoms with E-state index in [1.165, 1.54) is 4.90 Å². The van der Waals surface area contributed by atoms with E-state index in [1.54, 1.807) is 24.9 Å². The minimum absolute atomic E-state index is 0.246. The Balaban J connectivity index is 2.09. The summed E-state index contributed by atoms with van der Waals surface area (Å²) in [6, 6.07) is 16.7. The second kappa shape index (κ2) is 9.11. The van der Waals surface area contributed by atoms with Crippen LogP contribution in [-0.4, -0.2) is 27.8 Å². The Morgan fingerprint density at radius 2 is 1.80 bits per heavy atom. The van der Waals surface area contributed by atoms with Crippen LogP contribution in [0.5, 0.6) is 5.75 Å². The number of thioether (sulfide) groups is 1. The smallest absolute Gasteiger partial charge is 0.338 e. The number of rotatable bonds is 8. The summed E-state index contributed by atoms with van der Waals surface area (Å²) >= 11 is 1.70. The van der Waals surface area contributed by atoms with Gasteiger partial charge in [-0.25, -0.2) is 4.79 Å². The topological polar surface area (TPSA) is 35.5 Å². The molecule has 0 bridgehead atoms. The van der Waals surface area contributed by atoms with Crippen LogP contribution in [0, 0.1) is 0 Å². The second-order valence-corrected chi connectivity index (χ2v) is 13.7. The molecule has 0 aliphatic heterocycles. The predicted molar refractivity (Wildman–Crippen MR) is 107 cm³/mol. The summed E-state index contributed by atoms with van der Waals surface area (Å²) in [6.45, 7) is 7.31. The normalized spacial score (nSPS) is 11.2. The average molecular weight is 375 g/mol. The molecule has 2 rings (SSSR count). The second-order valence-electron chi connectivity index (χ2n) is 7.07. The molecular formula is C20H26O3SSi. The first-order valence-electron chi connectivity index (χ1n) is 8.41. The Morgan fingerprint density at radius 3 is 2.44 bits per heavy atom. The number of carbonyl (C=O) groups excluding carboxylic acids is 1. The lowest BCUT2D eigenvalue weighted by atomic mass is 10.1. The van der Waals surface area contributed by atoms with Gasteiger partial charge >= 0.3 is 5.97 Å². The van der Waals surface area contributed by atoms with Gasteiger partial charge in [0.2, 0.25) is 0 Å². The molecule has 0 spiro atoms. The predicted octanol–water partition coefficient (Wildman–Crippen LogP) is 5.48. The van der Waals surface area contributed by atoms with Gasteiger partial charge < -0.3 is 9.47 Å². The number of benzene rings is 2. The summed E-state index contributed by atoms with van der Waals surface area (Å²) in [6.07, 6.45) is 0. The maximum absolute atomic E-state index is 12.5. The quantitative estimate of drug-likeness (QED) is 0.348. The molecular weight excluding hydrogens is 348 g/mol. The first-order valence-corrected chi connectivity index (χ1v) is 13.1. The van der Waals surface area contributed by atoms with E-state index in [-0.39, 0.29) is 5.97 Å². The van der Waals surface area contributed by atoms with Crippen molar-refractivity contribution < 1.29 is 14.3 Å². The van der Waals surface area contributed by atoms with Crippen molar-refractivity contribution in [2.75, 3.05) is 13.7 Å². The molecule has 0 unspecified atom stereocenters. The molecule has 5 heteroatoms. The van der Waals surface area contributed by atoms with Crippen molar-refractivity contribution in [3.8, 4) is 5.75 Å². The van der Waals surface area contributed by atoms with Gasteiger partial charge in [0.15, 0.2) is 0 Å². The zero-order valence-electron chi connectivity index (χ0n) is 15.4. The van der Waals surface area contributed by atoms with E-state index in [4.69, 9.17) is 9.47 Å². The zero-order valence-corrected chi connectivity index (χ0v) is 17.2. The molecule has 0 N–H and O–H groups in total. The number of hydrogen-bond acceptors (Lipinski definition) is 4. The highest BCUT2D eigenvalue weighted by Crippen LogP contribution is 2.27. The van der Waals surface area contributed by atoms with Crippen LogP contribution in [0.2, 0.25) is 25.7 Å². The molecule has 2 aromatic carbocycles. The van der Waals surface area contributed by atoms with Crippen LogP contribution in [0.25, 0.3) is 0 Å². The van der Waals surface area contributed by atoms with E-state index in [1.807, 2.05) is 30.3 Å². The monoisotopic (exact) mass is 374 g/mol. The van der Waals surface area contributed by atoms with E-state index in [0.717, 1.165) is 17.4 Å². The van der Waals surface area contributed by atoms with Gasteiger partial charge in [0.25, 0.3) is 0 Å². The van der Waals surface area contributed by atoms with Crippen molar-refractivity contribution in [2.45, 2.75) is 36.3 Å². The molecule has 0 aromatic heterocycles. The van der Waals surface area contributed by atoms with E-state index in [2.05, 4.69) is 31.8 Å². The maximum atomic E-state index is 12.5. The highest BCUT2D eigenvalue weighted by Gasteiger charge is 2.17. The van der Waals surface area contributed by atoms with Crippen LogP contribution in [0.15, 0.2) is 53.4 Å². The molecule has 0 heterocycles. The lowest BCUT2D eigenvalue weighted by molar-refractivity contribution is 0.0524. The fourth-order valence-corrected chi connectivity index (χ4v) is 3.85. The molecule has 25 heavy (non-hydrogen) atoms. The number of hydrogen-bond donors (Lipinski definition) is 0. The van der Waals surface area contributed by atoms with Crippen molar-refractivity contribution in [3.05, 3.63) is 59.7 Å². The zero-order chi connectivity index (χ0) is 18.3. The minimum Gasteiger partial charge on any atom is -0.497 e. The van der Waals surface area contributed by atoms with E-state index < -0.39 is 8.07 Å². The minimum atomic E-state index is -1.21. The lowest BCUT2D eigenvalue weighted by Gasteiger charge is -2.16. The Bertz CT molecular complexity index is 696. The summed E-state index contributed by atoms with van der Waals surface area (Å²) < 4.78 is 10.8. The van der Waals surface area contributed by atoms with E-state index in [0.29, 0.717) is 17.9 Å². The number of methoxy groups -OCH3 is 1. The fourth-order valence-electron chi connectivity index (χ4n) is 2.22. The number of ether oxygens (including phenoxy) is 2. The maximum Gasteiger partial charge on any atom is 0.338 e. The molecule has 0 fully saturated rings. The van der Waals surface area contributed by atoms with Gasteiger partial charge in [-0.15, -0.1) is 11.8 Å². The molecule has 3 nitrogen and oxygen atoms in total. The fraction of sp³-hybridized carbons (Fsp3) is 0.350. The molecule has 0 amide bonds. The molecule has 2 aromatic rings. The summed E-state index contributed by atoms with van der Waals surface area (Å²) in [5.74, 6) is 1.20. The first kappa shape index (κ1) is 19.6. The Hall–Kier alpha value is -1.72. The van der Waals surface area contributed by atoms with Crippen molar-refractivity contribution in [2.24, 2.45) is 0 Å². The standard InChI is InChI=1S/C20H26O3SSi/c1-22-17-10-11-19(20(21)23-12-13-25(2,3)4)16(14-17)15-24-18-8-6-5-7-9-18/h5-11,14H,12-13,15H2,1-4H3. The van der Waals surface area contributed by atoms with E-state index >= 15 is 0 Å². The van der Waals surface area contributed by atoms with Gasteiger partial charge in [-0.05, 0) is 41.9 Å². The SMILES string of the molecule is COc1ccc(C(=O)OCC[Si](C)(C)C)c(CSc2ccccc2)c1. The van der Waals surface area contributed by atoms with Crippen LogP contribution in [0.1, 0.15) is 15.9 Å². The third-order valence-electron chi connectivity index (χ3n) is 3.76. The van der Waals surface area contributed by atoms with Gasteiger partial charge in [0.1, 0.15) is 5.75 Å². The molecule has 0 atom stereocenters. The van der Waals surface area contributed by atoms with Crippen molar-refractivity contribution in [1.29, 1.82) is 0 Å². The van der Waals surface area contributed by atoms with Gasteiger partial charge in [-0.3, -0.25) is 0 Å². The largest absolute Gasteiger partial charge is 0.497 e. The highest BCUT2D eigenvalue weighted by molar-refractivity contribution is 7.98. The summed E-state index contributed by atoms with van der Waals surface area (Å²) in [5.41, 5.74) is 1.56. The molecule has 0 aliphatic carbocycles. The van der Waals surface area contributed by atoms with Gasteiger partial charge in [-0.1, -0.05) is 37.8 Å². The third-order valence-corrected chi connectivity index (χ3v) is 6.52. The Kier molecular flexibility index (Phi) is 7.14. The van der Waals surface area contributed by atoms with E-state index in [9.17, 15) is 4.79 Å². The van der Waals surface area contributed by atoms with Crippen molar-refractivity contribution in [1.82, 2.24) is 0 Å². The highest BCUT2D eigenvalue weighted by atomic mass is 32.2. The molecule has 0 aliphatic rings. The van der Waals surface area contributed by atoms with Gasteiger partial charge in [-0.2, -0.15) is 0 Å². The Morgan fingerprint density at radius 1 is 1.08 bits per heavy atom. The van der Waals surface area contributed by atoms with Crippen molar-refractivity contribution >= 4 is 25.8 Å². The Labute approximate surface area is 155 Å². The van der Waals surface area contributed by atoms with Gasteiger partial charge in [0, 0.05) is 18.7 Å². The summed E-state index contributed by atoms with van der Waals surface area (Å²) in [7, 11) is 0.420. The molecule has 134 valence electrons. The van der Waals surface area contributed by atoms with Crippen molar-refractivity contribution in [3.63, 3.8) is 0 Å². The lowest BCUT2D eigenvalue weighted by Crippen LogP contribution is -2.23. The molecule has 0 saturated heterocycles. The molecule has 0 saturated carbocycles. The number of carbonyl (C=O) groups is 1. The summed E-state index contributed by atoms with van der Waals surface area (Å²) in [5, 5.41) is 0. The average Bonchev–Trinajstić information content (AvgIpc) is 2.59. The first-order chi connectivity index (χ1) is 11.9. The van der Waals surface area contributed by atoms with Crippen LogP contribution in [0.3, 0.4) is 0 Å². The number of esters is 1. The van der Waals surface area contributed by atoms with Crippen LogP contribution in [0.4, 0.5) is 0 Å². The van der Waals surface area contributed by atoms with Crippen LogP contribution in [-0.2, 0) is 10.5 Å². The third kappa shape index (κ3) is 6.59. The van der Waals surface area contributed by atoms with Crippen LogP contribution < -0.4 is 4.74 Å². The molecule has 0 radical (unpaired) electrons. The summed E-state index contributed by atoms with van der Waals surface area (Å²) in [4.78, 5) is 13.7. The van der Waals surface area contributed by atoms with Gasteiger partial charge in [0.05, 0.1) is 19.3 Å². The van der Waals surface area contributed by atoms with Crippen LogP contribution >= 0.6 is 11.8 Å².